The second-order valence-electron chi connectivity index (χ2n) is 4.32. The average Bonchev–Trinajstić information content (AvgIpc) is 2.36. The number of alkyl halides is 5. The first kappa shape index (κ1) is 17.5. The van der Waals surface area contributed by atoms with Crippen LogP contribution in [0.25, 0.3) is 10.8 Å². The van der Waals surface area contributed by atoms with Crippen LogP contribution in [0.15, 0.2) is 36.4 Å². The van der Waals surface area contributed by atoms with Gasteiger partial charge in [-0.3, -0.25) is 0 Å². The SMILES string of the molecule is Cl.N[C@@H](c1c(O)ccc2ccccc12)C(F)(F)C(F)(F)F. The van der Waals surface area contributed by atoms with Gasteiger partial charge in [-0.1, -0.05) is 30.3 Å². The van der Waals surface area contributed by atoms with Crippen LogP contribution in [0.1, 0.15) is 11.6 Å². The van der Waals surface area contributed by atoms with Crippen LogP contribution < -0.4 is 5.73 Å². The lowest BCUT2D eigenvalue weighted by atomic mass is 9.94. The second kappa shape index (κ2) is 5.65. The predicted octanol–water partition coefficient (Wildman–Crippen LogP) is 4.16. The van der Waals surface area contributed by atoms with Crippen molar-refractivity contribution in [2.75, 3.05) is 0 Å². The molecule has 8 heteroatoms. The minimum Gasteiger partial charge on any atom is -0.508 e. The third-order valence-electron chi connectivity index (χ3n) is 3.03. The van der Waals surface area contributed by atoms with E-state index in [0.717, 1.165) is 6.07 Å². The summed E-state index contributed by atoms with van der Waals surface area (Å²) in [6.45, 7) is 0. The van der Waals surface area contributed by atoms with Crippen molar-refractivity contribution in [3.63, 3.8) is 0 Å². The Morgan fingerprint density at radius 1 is 0.952 bits per heavy atom. The zero-order valence-electron chi connectivity index (χ0n) is 10.4. The van der Waals surface area contributed by atoms with Crippen molar-refractivity contribution in [3.8, 4) is 5.75 Å². The molecule has 21 heavy (non-hydrogen) atoms. The fraction of sp³-hybridized carbons (Fsp3) is 0.231. The lowest BCUT2D eigenvalue weighted by Gasteiger charge is -2.27. The number of halogens is 6. The van der Waals surface area contributed by atoms with E-state index in [1.807, 2.05) is 0 Å². The van der Waals surface area contributed by atoms with Crippen LogP contribution in [0.2, 0.25) is 0 Å². The molecule has 0 amide bonds. The number of aromatic hydroxyl groups is 1. The van der Waals surface area contributed by atoms with E-state index in [0.29, 0.717) is 5.39 Å². The highest BCUT2D eigenvalue weighted by atomic mass is 35.5. The molecule has 1 atom stereocenters. The van der Waals surface area contributed by atoms with Crippen LogP contribution in [0.5, 0.6) is 5.75 Å². The van der Waals surface area contributed by atoms with Gasteiger partial charge >= 0.3 is 12.1 Å². The Hall–Kier alpha value is -1.60. The van der Waals surface area contributed by atoms with Crippen LogP contribution in [-0.4, -0.2) is 17.2 Å². The molecule has 0 saturated carbocycles. The summed E-state index contributed by atoms with van der Waals surface area (Å²) in [7, 11) is 0. The minimum atomic E-state index is -5.80. The van der Waals surface area contributed by atoms with Gasteiger partial charge in [0.15, 0.2) is 0 Å². The van der Waals surface area contributed by atoms with Gasteiger partial charge in [-0.05, 0) is 16.8 Å². The molecule has 0 spiro atoms. The third-order valence-corrected chi connectivity index (χ3v) is 3.03. The van der Waals surface area contributed by atoms with E-state index in [-0.39, 0.29) is 17.8 Å². The first-order valence-corrected chi connectivity index (χ1v) is 5.57. The highest BCUT2D eigenvalue weighted by Gasteiger charge is 2.62. The summed E-state index contributed by atoms with van der Waals surface area (Å²) in [6.07, 6.45) is -5.80. The molecule has 0 heterocycles. The number of phenolic OH excluding ortho intramolecular Hbond substituents is 1. The molecular weight excluding hydrogens is 317 g/mol. The van der Waals surface area contributed by atoms with Gasteiger partial charge in [0, 0.05) is 5.56 Å². The van der Waals surface area contributed by atoms with Crippen LogP contribution in [-0.2, 0) is 0 Å². The van der Waals surface area contributed by atoms with Crippen molar-refractivity contribution < 1.29 is 27.1 Å². The topological polar surface area (TPSA) is 46.2 Å². The normalized spacial score (nSPS) is 13.8. The first-order valence-electron chi connectivity index (χ1n) is 5.57. The number of nitrogens with two attached hydrogens (primary N) is 1. The van der Waals surface area contributed by atoms with Gasteiger partial charge in [0.05, 0.1) is 0 Å². The Kier molecular flexibility index (Phi) is 4.70. The smallest absolute Gasteiger partial charge is 0.455 e. The lowest BCUT2D eigenvalue weighted by molar-refractivity contribution is -0.290. The Balaban J connectivity index is 0.00000220. The molecule has 0 saturated heterocycles. The highest BCUT2D eigenvalue weighted by molar-refractivity contribution is 5.88. The van der Waals surface area contributed by atoms with Gasteiger partial charge in [-0.25, -0.2) is 0 Å². The maximum Gasteiger partial charge on any atom is 0.455 e. The van der Waals surface area contributed by atoms with E-state index in [4.69, 9.17) is 5.73 Å². The predicted molar refractivity (Wildman–Crippen MR) is 70.8 cm³/mol. The van der Waals surface area contributed by atoms with Crippen LogP contribution in [0.3, 0.4) is 0 Å². The number of benzene rings is 2. The van der Waals surface area contributed by atoms with E-state index < -0.39 is 29.5 Å². The van der Waals surface area contributed by atoms with E-state index in [2.05, 4.69) is 0 Å². The molecule has 0 aliphatic heterocycles. The van der Waals surface area contributed by atoms with Crippen molar-refractivity contribution in [2.45, 2.75) is 18.1 Å². The summed E-state index contributed by atoms with van der Waals surface area (Å²) < 4.78 is 63.9. The summed E-state index contributed by atoms with van der Waals surface area (Å²) in [5.41, 5.74) is 4.48. The zero-order valence-corrected chi connectivity index (χ0v) is 11.2. The van der Waals surface area contributed by atoms with E-state index in [1.54, 1.807) is 6.07 Å². The van der Waals surface area contributed by atoms with Crippen LogP contribution >= 0.6 is 12.4 Å². The van der Waals surface area contributed by atoms with Crippen molar-refractivity contribution in [1.82, 2.24) is 0 Å². The molecule has 0 fully saturated rings. The number of rotatable bonds is 2. The Morgan fingerprint density at radius 2 is 1.52 bits per heavy atom. The van der Waals surface area contributed by atoms with Gasteiger partial charge in [0.25, 0.3) is 0 Å². The van der Waals surface area contributed by atoms with Crippen molar-refractivity contribution in [1.29, 1.82) is 0 Å². The van der Waals surface area contributed by atoms with Crippen molar-refractivity contribution in [2.24, 2.45) is 5.73 Å². The Morgan fingerprint density at radius 3 is 2.10 bits per heavy atom. The summed E-state index contributed by atoms with van der Waals surface area (Å²) in [4.78, 5) is 0. The van der Waals surface area contributed by atoms with Gasteiger partial charge in [-0.15, -0.1) is 12.4 Å². The molecule has 0 aromatic heterocycles. The molecule has 0 aliphatic carbocycles. The molecule has 0 unspecified atom stereocenters. The summed E-state index contributed by atoms with van der Waals surface area (Å²) in [5.74, 6) is -5.84. The molecule has 2 rings (SSSR count). The summed E-state index contributed by atoms with van der Waals surface area (Å²) in [5, 5.41) is 10.1. The fourth-order valence-electron chi connectivity index (χ4n) is 1.97. The Labute approximate surface area is 122 Å². The lowest BCUT2D eigenvalue weighted by Crippen LogP contribution is -2.45. The van der Waals surface area contributed by atoms with Gasteiger partial charge < -0.3 is 10.8 Å². The van der Waals surface area contributed by atoms with Crippen molar-refractivity contribution >= 4 is 23.2 Å². The summed E-state index contributed by atoms with van der Waals surface area (Å²) >= 11 is 0. The van der Waals surface area contributed by atoms with Gasteiger partial charge in [0.2, 0.25) is 0 Å². The molecule has 2 aromatic rings. The largest absolute Gasteiger partial charge is 0.508 e. The Bertz CT molecular complexity index is 644. The zero-order chi connectivity index (χ0) is 15.1. The average molecular weight is 328 g/mol. The van der Waals surface area contributed by atoms with E-state index in [1.165, 1.54) is 24.3 Å². The maximum absolute atomic E-state index is 13.4. The number of hydrogen-bond acceptors (Lipinski definition) is 2. The number of hydrogen-bond donors (Lipinski definition) is 2. The molecule has 116 valence electrons. The molecule has 2 aromatic carbocycles. The van der Waals surface area contributed by atoms with E-state index in [9.17, 15) is 27.1 Å². The quantitative estimate of drug-likeness (QED) is 0.813. The van der Waals surface area contributed by atoms with Crippen LogP contribution in [0, 0.1) is 0 Å². The molecule has 3 N–H and O–H groups in total. The molecule has 0 bridgehead atoms. The molecular formula is C13H11ClF5NO. The second-order valence-corrected chi connectivity index (χ2v) is 4.32. The number of fused-ring (bicyclic) bond motifs is 1. The molecule has 2 nitrogen and oxygen atoms in total. The van der Waals surface area contributed by atoms with Gasteiger partial charge in [0.1, 0.15) is 11.8 Å². The fourth-order valence-corrected chi connectivity index (χ4v) is 1.97. The maximum atomic E-state index is 13.4. The van der Waals surface area contributed by atoms with Crippen molar-refractivity contribution in [3.05, 3.63) is 42.0 Å². The first-order chi connectivity index (χ1) is 9.16. The van der Waals surface area contributed by atoms with E-state index >= 15 is 0 Å². The third kappa shape index (κ3) is 2.89. The highest BCUT2D eigenvalue weighted by Crippen LogP contribution is 2.46. The monoisotopic (exact) mass is 327 g/mol. The minimum absolute atomic E-state index is 0. The number of phenols is 1. The standard InChI is InChI=1S/C13H10F5NO.ClH/c14-12(15,13(16,17)18)11(19)10-8-4-2-1-3-7(8)5-6-9(10)20;/h1-6,11,20H,19H2;1H/t11-;/m0./s1. The molecule has 0 radical (unpaired) electrons. The summed E-state index contributed by atoms with van der Waals surface area (Å²) in [6, 6.07) is 5.68. The van der Waals surface area contributed by atoms with Gasteiger partial charge in [-0.2, -0.15) is 22.0 Å². The van der Waals surface area contributed by atoms with Crippen LogP contribution in [0.4, 0.5) is 22.0 Å². The molecule has 0 aliphatic rings.